The largest absolute Gasteiger partial charge is 0.346 e. The molecule has 0 aromatic carbocycles. The highest BCUT2D eigenvalue weighted by atomic mass is 16.7. The van der Waals surface area contributed by atoms with E-state index in [9.17, 15) is 4.79 Å². The summed E-state index contributed by atoms with van der Waals surface area (Å²) in [7, 11) is 0. The zero-order valence-electron chi connectivity index (χ0n) is 11.4. The molecule has 1 aromatic rings. The first-order chi connectivity index (χ1) is 8.72. The number of Topliss-reactive ketones (excluding diaryl/α,β-unsaturated/α-hetero) is 1. The summed E-state index contributed by atoms with van der Waals surface area (Å²) < 4.78 is 12.6. The Hall–Kier alpha value is -1.20. The van der Waals surface area contributed by atoms with Crippen molar-refractivity contribution in [3.05, 3.63) is 18.2 Å². The number of imidazole rings is 1. The van der Waals surface area contributed by atoms with Crippen LogP contribution < -0.4 is 0 Å². The van der Waals surface area contributed by atoms with Gasteiger partial charge in [-0.1, -0.05) is 6.92 Å². The summed E-state index contributed by atoms with van der Waals surface area (Å²) >= 11 is 0. The minimum atomic E-state index is -0.772. The van der Waals surface area contributed by atoms with E-state index in [-0.39, 0.29) is 12.2 Å². The van der Waals surface area contributed by atoms with Crippen molar-refractivity contribution in [3.8, 4) is 0 Å². The molecular formula is C13H22N2O3. The monoisotopic (exact) mass is 254 g/mol. The molecule has 5 nitrogen and oxygen atoms in total. The van der Waals surface area contributed by atoms with E-state index in [1.165, 1.54) is 0 Å². The van der Waals surface area contributed by atoms with E-state index in [1.54, 1.807) is 6.20 Å². The summed E-state index contributed by atoms with van der Waals surface area (Å²) in [6, 6.07) is 0. The molecule has 0 fully saturated rings. The number of ether oxygens (including phenoxy) is 2. The highest BCUT2D eigenvalue weighted by molar-refractivity contribution is 5.83. The van der Waals surface area contributed by atoms with Gasteiger partial charge in [0.15, 0.2) is 5.78 Å². The smallest absolute Gasteiger partial charge is 0.218 e. The molecule has 102 valence electrons. The third-order valence-corrected chi connectivity index (χ3v) is 2.50. The lowest BCUT2D eigenvalue weighted by molar-refractivity contribution is -0.167. The van der Waals surface area contributed by atoms with Gasteiger partial charge in [0.1, 0.15) is 5.82 Å². The third-order valence-electron chi connectivity index (χ3n) is 2.50. The molecule has 0 atom stereocenters. The average Bonchev–Trinajstić information content (AvgIpc) is 2.77. The zero-order valence-corrected chi connectivity index (χ0v) is 11.4. The summed E-state index contributed by atoms with van der Waals surface area (Å²) in [6.07, 6.45) is 4.10. The molecule has 1 aromatic heterocycles. The molecule has 0 bridgehead atoms. The number of hydrogen-bond acceptors (Lipinski definition) is 4. The van der Waals surface area contributed by atoms with Crippen LogP contribution in [0.5, 0.6) is 0 Å². The lowest BCUT2D eigenvalue weighted by atomic mass is 10.2. The minimum Gasteiger partial charge on any atom is -0.346 e. The number of carbonyl (C=O) groups is 1. The predicted molar refractivity (Wildman–Crippen MR) is 68.3 cm³/mol. The molecule has 0 spiro atoms. The molecule has 0 N–H and O–H groups in total. The maximum Gasteiger partial charge on any atom is 0.218 e. The maximum absolute atomic E-state index is 12.0. The average molecular weight is 254 g/mol. The van der Waals surface area contributed by atoms with Gasteiger partial charge in [-0.2, -0.15) is 0 Å². The molecule has 0 aliphatic rings. The van der Waals surface area contributed by atoms with E-state index < -0.39 is 6.29 Å². The van der Waals surface area contributed by atoms with E-state index in [4.69, 9.17) is 9.47 Å². The molecule has 18 heavy (non-hydrogen) atoms. The fourth-order valence-corrected chi connectivity index (χ4v) is 1.73. The molecule has 0 amide bonds. The van der Waals surface area contributed by atoms with Crippen molar-refractivity contribution in [3.63, 3.8) is 0 Å². The Morgan fingerprint density at radius 2 is 2.00 bits per heavy atom. The van der Waals surface area contributed by atoms with Crippen molar-refractivity contribution in [1.82, 2.24) is 9.55 Å². The Morgan fingerprint density at radius 1 is 1.33 bits per heavy atom. The molecule has 1 heterocycles. The van der Waals surface area contributed by atoms with Crippen LogP contribution in [-0.4, -0.2) is 34.8 Å². The SMILES string of the molecule is CCCn1ccnc1CC(=O)C(OCC)OCC. The number of aromatic nitrogens is 2. The lowest BCUT2D eigenvalue weighted by Crippen LogP contribution is -2.30. The van der Waals surface area contributed by atoms with Gasteiger partial charge in [-0.25, -0.2) is 4.98 Å². The first kappa shape index (κ1) is 14.9. The summed E-state index contributed by atoms with van der Waals surface area (Å²) in [6.45, 7) is 7.57. The van der Waals surface area contributed by atoms with Gasteiger partial charge in [-0.15, -0.1) is 0 Å². The second-order valence-corrected chi connectivity index (χ2v) is 3.92. The molecule has 0 saturated heterocycles. The summed E-state index contributed by atoms with van der Waals surface area (Å²) in [4.78, 5) is 16.3. The zero-order chi connectivity index (χ0) is 13.4. The van der Waals surface area contributed by atoms with Crippen molar-refractivity contribution in [2.24, 2.45) is 0 Å². The maximum atomic E-state index is 12.0. The van der Waals surface area contributed by atoms with Crippen molar-refractivity contribution in [2.45, 2.75) is 46.4 Å². The van der Waals surface area contributed by atoms with Crippen LogP contribution in [0.2, 0.25) is 0 Å². The normalized spacial score (nSPS) is 11.1. The Bertz CT molecular complexity index is 357. The molecule has 0 unspecified atom stereocenters. The van der Waals surface area contributed by atoms with Crippen LogP contribution in [0.1, 0.15) is 33.0 Å². The summed E-state index contributed by atoms with van der Waals surface area (Å²) in [5.41, 5.74) is 0. The van der Waals surface area contributed by atoms with Gasteiger partial charge in [0.05, 0.1) is 6.42 Å². The van der Waals surface area contributed by atoms with E-state index in [0.29, 0.717) is 13.2 Å². The summed E-state index contributed by atoms with van der Waals surface area (Å²) in [5.74, 6) is 0.688. The predicted octanol–water partition coefficient (Wildman–Crippen LogP) is 1.80. The van der Waals surface area contributed by atoms with Crippen LogP contribution in [0.25, 0.3) is 0 Å². The minimum absolute atomic E-state index is 0.0812. The number of ketones is 1. The van der Waals surface area contributed by atoms with E-state index >= 15 is 0 Å². The number of nitrogens with zero attached hydrogens (tertiary/aromatic N) is 2. The van der Waals surface area contributed by atoms with Crippen molar-refractivity contribution in [1.29, 1.82) is 0 Å². The number of aryl methyl sites for hydroxylation is 1. The molecule has 0 saturated carbocycles. The van der Waals surface area contributed by atoms with Gasteiger partial charge < -0.3 is 14.0 Å². The summed E-state index contributed by atoms with van der Waals surface area (Å²) in [5, 5.41) is 0. The van der Waals surface area contributed by atoms with Crippen LogP contribution in [-0.2, 0) is 27.2 Å². The molecular weight excluding hydrogens is 232 g/mol. The van der Waals surface area contributed by atoms with Gasteiger partial charge in [-0.05, 0) is 20.3 Å². The van der Waals surface area contributed by atoms with Gasteiger partial charge in [-0.3, -0.25) is 4.79 Å². The van der Waals surface area contributed by atoms with Gasteiger partial charge >= 0.3 is 0 Å². The highest BCUT2D eigenvalue weighted by Crippen LogP contribution is 2.06. The Kier molecular flexibility index (Phi) is 6.60. The fourth-order valence-electron chi connectivity index (χ4n) is 1.73. The molecule has 1 rings (SSSR count). The van der Waals surface area contributed by atoms with E-state index in [0.717, 1.165) is 18.8 Å². The topological polar surface area (TPSA) is 53.4 Å². The van der Waals surface area contributed by atoms with Gasteiger partial charge in [0, 0.05) is 32.2 Å². The number of rotatable bonds is 9. The van der Waals surface area contributed by atoms with Crippen LogP contribution in [0, 0.1) is 0 Å². The molecule has 0 radical (unpaired) electrons. The van der Waals surface area contributed by atoms with Crippen molar-refractivity contribution >= 4 is 5.78 Å². The van der Waals surface area contributed by atoms with Crippen LogP contribution in [0.4, 0.5) is 0 Å². The van der Waals surface area contributed by atoms with Crippen LogP contribution in [0.3, 0.4) is 0 Å². The Morgan fingerprint density at radius 3 is 2.56 bits per heavy atom. The second-order valence-electron chi connectivity index (χ2n) is 3.92. The van der Waals surface area contributed by atoms with E-state index in [2.05, 4.69) is 11.9 Å². The van der Waals surface area contributed by atoms with Gasteiger partial charge in [0.2, 0.25) is 6.29 Å². The second kappa shape index (κ2) is 8.00. The lowest BCUT2D eigenvalue weighted by Gasteiger charge is -2.15. The Labute approximate surface area is 108 Å². The first-order valence-electron chi connectivity index (χ1n) is 6.48. The van der Waals surface area contributed by atoms with Crippen molar-refractivity contribution in [2.75, 3.05) is 13.2 Å². The van der Waals surface area contributed by atoms with E-state index in [1.807, 2.05) is 24.6 Å². The quantitative estimate of drug-likeness (QED) is 0.631. The third kappa shape index (κ3) is 4.23. The van der Waals surface area contributed by atoms with Crippen molar-refractivity contribution < 1.29 is 14.3 Å². The van der Waals surface area contributed by atoms with Crippen LogP contribution >= 0.6 is 0 Å². The number of carbonyl (C=O) groups excluding carboxylic acids is 1. The molecule has 0 aliphatic heterocycles. The Balaban J connectivity index is 2.63. The van der Waals surface area contributed by atoms with Crippen LogP contribution in [0.15, 0.2) is 12.4 Å². The number of hydrogen-bond donors (Lipinski definition) is 0. The standard InChI is InChI=1S/C13H22N2O3/c1-4-8-15-9-7-14-12(15)10-11(16)13(17-5-2)18-6-3/h7,9,13H,4-6,8,10H2,1-3H3. The highest BCUT2D eigenvalue weighted by Gasteiger charge is 2.20. The fraction of sp³-hybridized carbons (Fsp3) is 0.692. The molecule has 5 heteroatoms. The molecule has 0 aliphatic carbocycles. The first-order valence-corrected chi connectivity index (χ1v) is 6.48. The van der Waals surface area contributed by atoms with Gasteiger partial charge in [0.25, 0.3) is 0 Å².